The molecule has 4 rings (SSSR count). The molecular weight excluding hydrogens is 387 g/mol. The number of ether oxygens (including phenoxy) is 1. The molecule has 0 radical (unpaired) electrons. The second-order valence-electron chi connectivity index (χ2n) is 6.12. The number of benzene rings is 2. The van der Waals surface area contributed by atoms with Crippen LogP contribution >= 0.6 is 11.6 Å². The lowest BCUT2D eigenvalue weighted by Crippen LogP contribution is -2.09. The molecule has 0 atom stereocenters. The lowest BCUT2D eigenvalue weighted by atomic mass is 10.0. The summed E-state index contributed by atoms with van der Waals surface area (Å²) in [6.07, 6.45) is 0. The molecule has 8 heteroatoms. The summed E-state index contributed by atoms with van der Waals surface area (Å²) in [6, 6.07) is 9.02. The molecule has 0 saturated carbocycles. The molecule has 142 valence electrons. The van der Waals surface area contributed by atoms with E-state index in [0.717, 1.165) is 0 Å². The van der Waals surface area contributed by atoms with Crippen molar-refractivity contribution in [3.63, 3.8) is 0 Å². The second-order valence-corrected chi connectivity index (χ2v) is 6.53. The number of rotatable bonds is 4. The molecule has 0 unspecified atom stereocenters. The molecule has 0 saturated heterocycles. The Kier molecular flexibility index (Phi) is 4.60. The van der Waals surface area contributed by atoms with Crippen LogP contribution in [0.15, 0.2) is 50.0 Å². The number of hydrogen-bond acceptors (Lipinski definition) is 6. The molecule has 4 aromatic rings. The molecule has 2 aromatic carbocycles. The van der Waals surface area contributed by atoms with Gasteiger partial charge in [0.2, 0.25) is 11.3 Å². The van der Waals surface area contributed by atoms with Crippen LogP contribution in [0.2, 0.25) is 5.02 Å². The average molecular weight is 401 g/mol. The molecule has 0 bridgehead atoms. The van der Waals surface area contributed by atoms with E-state index in [2.05, 4.69) is 10.2 Å². The maximum atomic E-state index is 14.3. The van der Waals surface area contributed by atoms with Crippen LogP contribution in [0.4, 0.5) is 4.39 Å². The molecule has 0 aliphatic rings. The largest absolute Gasteiger partial charge is 0.484 e. The van der Waals surface area contributed by atoms with Gasteiger partial charge in [0.1, 0.15) is 22.9 Å². The number of halogens is 2. The highest BCUT2D eigenvalue weighted by atomic mass is 35.5. The van der Waals surface area contributed by atoms with Gasteiger partial charge in [0.25, 0.3) is 5.89 Å². The summed E-state index contributed by atoms with van der Waals surface area (Å²) < 4.78 is 31.0. The number of aryl methyl sites for hydroxylation is 2. The van der Waals surface area contributed by atoms with E-state index in [0.29, 0.717) is 28.5 Å². The van der Waals surface area contributed by atoms with Gasteiger partial charge in [-0.25, -0.2) is 4.39 Å². The first kappa shape index (κ1) is 18.2. The van der Waals surface area contributed by atoms with Crippen LogP contribution in [0, 0.1) is 19.7 Å². The van der Waals surface area contributed by atoms with Crippen LogP contribution in [0.25, 0.3) is 22.1 Å². The third-order valence-electron chi connectivity index (χ3n) is 4.18. The van der Waals surface area contributed by atoms with Gasteiger partial charge in [-0.05, 0) is 31.2 Å². The smallest absolute Gasteiger partial charge is 0.253 e. The van der Waals surface area contributed by atoms with E-state index in [1.807, 2.05) is 0 Å². The van der Waals surface area contributed by atoms with Gasteiger partial charge in [-0.3, -0.25) is 4.79 Å². The molecule has 0 aliphatic heterocycles. The van der Waals surface area contributed by atoms with E-state index in [1.54, 1.807) is 32.0 Å². The number of nitrogens with zero attached hydrogens (tertiary/aromatic N) is 2. The Morgan fingerprint density at radius 3 is 2.64 bits per heavy atom. The highest BCUT2D eigenvalue weighted by Gasteiger charge is 2.19. The van der Waals surface area contributed by atoms with E-state index >= 15 is 0 Å². The fraction of sp³-hybridized carbons (Fsp3) is 0.150. The van der Waals surface area contributed by atoms with Gasteiger partial charge in [0.05, 0.1) is 16.0 Å². The standard InChI is InChI=1S/C20H14ClFN2O4/c1-10-18(19-14(21)4-3-5-15(19)22)20(25)13-7-6-12(8-16(13)27-10)26-9-17-24-23-11(2)28-17/h3-8H,9H2,1-2H3. The molecule has 0 spiro atoms. The number of hydrogen-bond donors (Lipinski definition) is 0. The first-order valence-corrected chi connectivity index (χ1v) is 8.75. The molecule has 0 N–H and O–H groups in total. The monoisotopic (exact) mass is 400 g/mol. The van der Waals surface area contributed by atoms with Gasteiger partial charge >= 0.3 is 0 Å². The first-order valence-electron chi connectivity index (χ1n) is 8.37. The number of fused-ring (bicyclic) bond motifs is 1. The average Bonchev–Trinajstić information content (AvgIpc) is 3.07. The summed E-state index contributed by atoms with van der Waals surface area (Å²) in [5.41, 5.74) is 0.0813. The van der Waals surface area contributed by atoms with E-state index in [4.69, 9.17) is 25.2 Å². The zero-order chi connectivity index (χ0) is 19.8. The summed E-state index contributed by atoms with van der Waals surface area (Å²) in [5.74, 6) is 0.909. The summed E-state index contributed by atoms with van der Waals surface area (Å²) in [6.45, 7) is 3.36. The molecule has 0 amide bonds. The second kappa shape index (κ2) is 7.09. The van der Waals surface area contributed by atoms with E-state index in [1.165, 1.54) is 18.2 Å². The number of aromatic nitrogens is 2. The summed E-state index contributed by atoms with van der Waals surface area (Å²) >= 11 is 6.13. The van der Waals surface area contributed by atoms with Crippen molar-refractivity contribution in [2.75, 3.05) is 0 Å². The predicted molar refractivity (Wildman–Crippen MR) is 101 cm³/mol. The van der Waals surface area contributed by atoms with Gasteiger partial charge < -0.3 is 13.6 Å². The zero-order valence-electron chi connectivity index (χ0n) is 15.0. The highest BCUT2D eigenvalue weighted by Crippen LogP contribution is 2.32. The SMILES string of the molecule is Cc1nnc(COc2ccc3c(=O)c(-c4c(F)cccc4Cl)c(C)oc3c2)o1. The molecule has 0 fully saturated rings. The lowest BCUT2D eigenvalue weighted by Gasteiger charge is -2.10. The van der Waals surface area contributed by atoms with Crippen LogP contribution in [-0.2, 0) is 6.61 Å². The van der Waals surface area contributed by atoms with Gasteiger partial charge in [-0.1, -0.05) is 17.7 Å². The third-order valence-corrected chi connectivity index (χ3v) is 4.50. The fourth-order valence-corrected chi connectivity index (χ4v) is 3.20. The van der Waals surface area contributed by atoms with Gasteiger partial charge in [-0.2, -0.15) is 0 Å². The van der Waals surface area contributed by atoms with Crippen molar-refractivity contribution in [1.29, 1.82) is 0 Å². The Bertz CT molecular complexity index is 1230. The van der Waals surface area contributed by atoms with Crippen molar-refractivity contribution < 1.29 is 18.0 Å². The van der Waals surface area contributed by atoms with Gasteiger partial charge in [0.15, 0.2) is 6.61 Å². The van der Waals surface area contributed by atoms with E-state index < -0.39 is 5.82 Å². The maximum Gasteiger partial charge on any atom is 0.253 e. The Morgan fingerprint density at radius 1 is 1.11 bits per heavy atom. The van der Waals surface area contributed by atoms with Crippen molar-refractivity contribution in [3.05, 3.63) is 75.0 Å². The van der Waals surface area contributed by atoms with Crippen molar-refractivity contribution in [2.24, 2.45) is 0 Å². The summed E-state index contributed by atoms with van der Waals surface area (Å²) in [5, 5.41) is 8.01. The van der Waals surface area contributed by atoms with Crippen molar-refractivity contribution in [2.45, 2.75) is 20.5 Å². The summed E-state index contributed by atoms with van der Waals surface area (Å²) in [7, 11) is 0. The van der Waals surface area contributed by atoms with Gasteiger partial charge in [-0.15, -0.1) is 10.2 Å². The predicted octanol–water partition coefficient (Wildman–Crippen LogP) is 4.83. The van der Waals surface area contributed by atoms with Crippen LogP contribution in [-0.4, -0.2) is 10.2 Å². The normalized spacial score (nSPS) is 11.1. The van der Waals surface area contributed by atoms with E-state index in [9.17, 15) is 9.18 Å². The minimum absolute atomic E-state index is 0.0319. The van der Waals surface area contributed by atoms with Crippen LogP contribution in [0.1, 0.15) is 17.5 Å². The molecular formula is C20H14ClFN2O4. The van der Waals surface area contributed by atoms with Crippen molar-refractivity contribution in [1.82, 2.24) is 10.2 Å². The fourth-order valence-electron chi connectivity index (χ4n) is 2.94. The third kappa shape index (κ3) is 3.25. The van der Waals surface area contributed by atoms with Gasteiger partial charge in [0, 0.05) is 18.6 Å². The Balaban J connectivity index is 1.75. The molecule has 28 heavy (non-hydrogen) atoms. The molecule has 2 heterocycles. The highest BCUT2D eigenvalue weighted by molar-refractivity contribution is 6.33. The lowest BCUT2D eigenvalue weighted by molar-refractivity contribution is 0.260. The zero-order valence-corrected chi connectivity index (χ0v) is 15.7. The van der Waals surface area contributed by atoms with Crippen molar-refractivity contribution >= 4 is 22.6 Å². The summed E-state index contributed by atoms with van der Waals surface area (Å²) in [4.78, 5) is 13.0. The first-order chi connectivity index (χ1) is 13.4. The van der Waals surface area contributed by atoms with Crippen LogP contribution < -0.4 is 10.2 Å². The van der Waals surface area contributed by atoms with Crippen molar-refractivity contribution in [3.8, 4) is 16.9 Å². The Labute approximate surface area is 163 Å². The minimum atomic E-state index is -0.586. The van der Waals surface area contributed by atoms with Crippen LogP contribution in [0.5, 0.6) is 5.75 Å². The quantitative estimate of drug-likeness (QED) is 0.488. The molecule has 0 aliphatic carbocycles. The maximum absolute atomic E-state index is 14.3. The molecule has 6 nitrogen and oxygen atoms in total. The topological polar surface area (TPSA) is 78.4 Å². The Morgan fingerprint density at radius 2 is 1.93 bits per heavy atom. The van der Waals surface area contributed by atoms with Crippen LogP contribution in [0.3, 0.4) is 0 Å². The minimum Gasteiger partial charge on any atom is -0.484 e. The molecule has 2 aromatic heterocycles. The Hall–Kier alpha value is -3.19. The van der Waals surface area contributed by atoms with E-state index in [-0.39, 0.29) is 33.9 Å².